The van der Waals surface area contributed by atoms with Crippen molar-refractivity contribution in [1.82, 2.24) is 5.32 Å². The number of nitrogens with zero attached hydrogens (tertiary/aromatic N) is 1. The van der Waals surface area contributed by atoms with Crippen molar-refractivity contribution >= 4 is 5.84 Å². The summed E-state index contributed by atoms with van der Waals surface area (Å²) in [6.45, 7) is 2.40. The van der Waals surface area contributed by atoms with Crippen molar-refractivity contribution in [2.24, 2.45) is 28.6 Å². The molecule has 0 aromatic carbocycles. The van der Waals surface area contributed by atoms with E-state index in [1.807, 2.05) is 0 Å². The first-order valence-corrected chi connectivity index (χ1v) is 7.09. The molecule has 1 rings (SSSR count). The molecule has 0 aromatic rings. The fraction of sp³-hybridized carbons (Fsp3) is 0.923. The predicted octanol–water partition coefficient (Wildman–Crippen LogP) is 2.72. The molecule has 0 saturated heterocycles. The Bertz CT molecular complexity index is 320. The van der Waals surface area contributed by atoms with Crippen molar-refractivity contribution in [3.05, 3.63) is 0 Å². The van der Waals surface area contributed by atoms with E-state index in [-0.39, 0.29) is 6.54 Å². The van der Waals surface area contributed by atoms with Crippen LogP contribution in [0.4, 0.5) is 13.2 Å². The largest absolute Gasteiger partial charge is 0.409 e. The monoisotopic (exact) mass is 295 g/mol. The Hall–Kier alpha value is -0.980. The van der Waals surface area contributed by atoms with Crippen LogP contribution < -0.4 is 11.1 Å². The van der Waals surface area contributed by atoms with Gasteiger partial charge in [-0.2, -0.15) is 13.2 Å². The van der Waals surface area contributed by atoms with Gasteiger partial charge in [0, 0.05) is 6.54 Å². The Kier molecular flexibility index (Phi) is 6.58. The minimum atomic E-state index is -4.50. The van der Waals surface area contributed by atoms with Gasteiger partial charge < -0.3 is 16.3 Å². The molecule has 0 bridgehead atoms. The van der Waals surface area contributed by atoms with Crippen molar-refractivity contribution in [3.8, 4) is 0 Å². The molecule has 0 aromatic heterocycles. The van der Waals surface area contributed by atoms with Crippen LogP contribution in [0.25, 0.3) is 0 Å². The number of oxime groups is 1. The SMILES string of the molecule is CC1CCCC(CCNCC(C(N)=NO)C(F)(F)F)C1. The first-order valence-electron chi connectivity index (χ1n) is 7.09. The highest BCUT2D eigenvalue weighted by molar-refractivity contribution is 5.83. The number of alkyl halides is 3. The van der Waals surface area contributed by atoms with Crippen LogP contribution in [0, 0.1) is 17.8 Å². The fourth-order valence-corrected chi connectivity index (χ4v) is 2.83. The van der Waals surface area contributed by atoms with Crippen LogP contribution >= 0.6 is 0 Å². The zero-order chi connectivity index (χ0) is 15.2. The standard InChI is InChI=1S/C13H24F3N3O/c1-9-3-2-4-10(7-9)5-6-18-8-11(12(17)19-20)13(14,15)16/h9-11,18,20H,2-8H2,1H3,(H2,17,19). The Labute approximate surface area is 117 Å². The second-order valence-corrected chi connectivity index (χ2v) is 5.75. The molecule has 3 unspecified atom stereocenters. The summed E-state index contributed by atoms with van der Waals surface area (Å²) in [5.41, 5.74) is 5.09. The molecule has 4 N–H and O–H groups in total. The number of amidine groups is 1. The highest BCUT2D eigenvalue weighted by Gasteiger charge is 2.42. The maximum atomic E-state index is 12.7. The molecule has 0 aliphatic heterocycles. The van der Waals surface area contributed by atoms with E-state index >= 15 is 0 Å². The molecule has 20 heavy (non-hydrogen) atoms. The lowest BCUT2D eigenvalue weighted by Gasteiger charge is -2.27. The van der Waals surface area contributed by atoms with Crippen LogP contribution in [-0.4, -0.2) is 30.3 Å². The molecule has 118 valence electrons. The van der Waals surface area contributed by atoms with Gasteiger partial charge in [-0.3, -0.25) is 0 Å². The first-order chi connectivity index (χ1) is 9.34. The lowest BCUT2D eigenvalue weighted by molar-refractivity contribution is -0.154. The van der Waals surface area contributed by atoms with Gasteiger partial charge in [-0.15, -0.1) is 0 Å². The smallest absolute Gasteiger partial charge is 0.400 e. The van der Waals surface area contributed by atoms with Gasteiger partial charge in [0.05, 0.1) is 0 Å². The third kappa shape index (κ3) is 5.56. The van der Waals surface area contributed by atoms with Gasteiger partial charge in [-0.25, -0.2) is 0 Å². The minimum Gasteiger partial charge on any atom is -0.409 e. The van der Waals surface area contributed by atoms with E-state index in [1.54, 1.807) is 0 Å². The predicted molar refractivity (Wildman–Crippen MR) is 71.6 cm³/mol. The molecule has 4 nitrogen and oxygen atoms in total. The van der Waals surface area contributed by atoms with E-state index in [4.69, 9.17) is 10.9 Å². The van der Waals surface area contributed by atoms with Crippen molar-refractivity contribution in [3.63, 3.8) is 0 Å². The van der Waals surface area contributed by atoms with Crippen LogP contribution in [-0.2, 0) is 0 Å². The lowest BCUT2D eigenvalue weighted by Crippen LogP contribution is -2.43. The molecule has 1 aliphatic rings. The van der Waals surface area contributed by atoms with Gasteiger partial charge in [-0.1, -0.05) is 31.3 Å². The van der Waals surface area contributed by atoms with Gasteiger partial charge >= 0.3 is 6.18 Å². The number of hydrogen-bond acceptors (Lipinski definition) is 3. The number of rotatable bonds is 6. The Morgan fingerprint density at radius 3 is 2.70 bits per heavy atom. The molecule has 0 heterocycles. The second kappa shape index (κ2) is 7.71. The van der Waals surface area contributed by atoms with E-state index in [9.17, 15) is 13.2 Å². The van der Waals surface area contributed by atoms with Gasteiger partial charge in [0.2, 0.25) is 0 Å². The molecule has 0 amide bonds. The Morgan fingerprint density at radius 1 is 1.45 bits per heavy atom. The summed E-state index contributed by atoms with van der Waals surface area (Å²) < 4.78 is 38.0. The average molecular weight is 295 g/mol. The molecular weight excluding hydrogens is 271 g/mol. The quantitative estimate of drug-likeness (QED) is 0.232. The van der Waals surface area contributed by atoms with Crippen molar-refractivity contribution in [1.29, 1.82) is 0 Å². The third-order valence-corrected chi connectivity index (χ3v) is 3.99. The number of hydrogen-bond donors (Lipinski definition) is 3. The first kappa shape index (κ1) is 17.1. The summed E-state index contributed by atoms with van der Waals surface area (Å²) in [6.07, 6.45) is 1.16. The van der Waals surface area contributed by atoms with E-state index in [0.717, 1.165) is 19.3 Å². The van der Waals surface area contributed by atoms with E-state index < -0.39 is 17.9 Å². The number of halogens is 3. The summed E-state index contributed by atoms with van der Waals surface area (Å²) in [5, 5.41) is 13.6. The summed E-state index contributed by atoms with van der Waals surface area (Å²) in [7, 11) is 0. The minimum absolute atomic E-state index is 0.346. The molecule has 3 atom stereocenters. The molecule has 0 spiro atoms. The topological polar surface area (TPSA) is 70.6 Å². The van der Waals surface area contributed by atoms with E-state index in [1.165, 1.54) is 12.8 Å². The Balaban J connectivity index is 2.30. The van der Waals surface area contributed by atoms with E-state index in [0.29, 0.717) is 18.4 Å². The van der Waals surface area contributed by atoms with Crippen molar-refractivity contribution in [2.75, 3.05) is 13.1 Å². The summed E-state index contributed by atoms with van der Waals surface area (Å²) >= 11 is 0. The van der Waals surface area contributed by atoms with Gasteiger partial charge in [0.15, 0.2) is 5.84 Å². The zero-order valence-corrected chi connectivity index (χ0v) is 11.8. The Morgan fingerprint density at radius 2 is 2.15 bits per heavy atom. The van der Waals surface area contributed by atoms with Gasteiger partial charge in [-0.05, 0) is 31.2 Å². The highest BCUT2D eigenvalue weighted by Crippen LogP contribution is 2.30. The van der Waals surface area contributed by atoms with Crippen molar-refractivity contribution in [2.45, 2.75) is 45.2 Å². The second-order valence-electron chi connectivity index (χ2n) is 5.75. The zero-order valence-electron chi connectivity index (χ0n) is 11.8. The third-order valence-electron chi connectivity index (χ3n) is 3.99. The fourth-order valence-electron chi connectivity index (χ4n) is 2.83. The van der Waals surface area contributed by atoms with Crippen LogP contribution in [0.1, 0.15) is 39.0 Å². The van der Waals surface area contributed by atoms with Crippen molar-refractivity contribution < 1.29 is 18.4 Å². The summed E-state index contributed by atoms with van der Waals surface area (Å²) in [4.78, 5) is 0. The van der Waals surface area contributed by atoms with Crippen LogP contribution in [0.2, 0.25) is 0 Å². The lowest BCUT2D eigenvalue weighted by atomic mass is 9.81. The van der Waals surface area contributed by atoms with Gasteiger partial charge in [0.25, 0.3) is 0 Å². The molecular formula is C13H24F3N3O. The summed E-state index contributed by atoms with van der Waals surface area (Å²) in [5.74, 6) is -1.41. The van der Waals surface area contributed by atoms with E-state index in [2.05, 4.69) is 17.4 Å². The van der Waals surface area contributed by atoms with Crippen LogP contribution in [0.15, 0.2) is 5.16 Å². The highest BCUT2D eigenvalue weighted by atomic mass is 19.4. The number of nitrogens with one attached hydrogen (secondary N) is 1. The molecule has 0 radical (unpaired) electrons. The maximum Gasteiger partial charge on any atom is 0.400 e. The number of nitrogens with two attached hydrogens (primary N) is 1. The van der Waals surface area contributed by atoms with Gasteiger partial charge in [0.1, 0.15) is 5.92 Å². The average Bonchev–Trinajstić information content (AvgIpc) is 2.36. The molecule has 1 saturated carbocycles. The molecule has 1 fully saturated rings. The summed E-state index contributed by atoms with van der Waals surface area (Å²) in [6, 6.07) is 0. The normalized spacial score (nSPS) is 26.5. The van der Waals surface area contributed by atoms with Crippen LogP contribution in [0.3, 0.4) is 0 Å². The molecule has 7 heteroatoms. The maximum absolute atomic E-state index is 12.7. The van der Waals surface area contributed by atoms with Crippen LogP contribution in [0.5, 0.6) is 0 Å². The molecule has 1 aliphatic carbocycles.